The maximum atomic E-state index is 4.63. The SMILES string of the molecule is Cc1ccc(C)c(-n2ccc(CNCC(C)C)n2)c1. The van der Waals surface area contributed by atoms with Gasteiger partial charge in [0.05, 0.1) is 11.4 Å². The van der Waals surface area contributed by atoms with Crippen LogP contribution in [-0.2, 0) is 6.54 Å². The molecule has 0 radical (unpaired) electrons. The Kier molecular flexibility index (Phi) is 4.38. The summed E-state index contributed by atoms with van der Waals surface area (Å²) in [6, 6.07) is 8.53. The fraction of sp³-hybridized carbons (Fsp3) is 0.438. The summed E-state index contributed by atoms with van der Waals surface area (Å²) in [5, 5.41) is 8.05. The molecule has 0 bridgehead atoms. The zero-order chi connectivity index (χ0) is 13.8. The minimum absolute atomic E-state index is 0.668. The molecular formula is C16H23N3. The predicted molar refractivity (Wildman–Crippen MR) is 79.6 cm³/mol. The fourth-order valence-electron chi connectivity index (χ4n) is 2.05. The number of nitrogens with zero attached hydrogens (tertiary/aromatic N) is 2. The molecule has 19 heavy (non-hydrogen) atoms. The zero-order valence-corrected chi connectivity index (χ0v) is 12.3. The summed E-state index contributed by atoms with van der Waals surface area (Å²) in [6.45, 7) is 10.5. The number of hydrogen-bond acceptors (Lipinski definition) is 2. The first-order chi connectivity index (χ1) is 9.06. The molecule has 3 heteroatoms. The number of hydrogen-bond donors (Lipinski definition) is 1. The quantitative estimate of drug-likeness (QED) is 0.891. The highest BCUT2D eigenvalue weighted by Gasteiger charge is 2.04. The highest BCUT2D eigenvalue weighted by molar-refractivity contribution is 5.42. The largest absolute Gasteiger partial charge is 0.311 e. The Labute approximate surface area is 115 Å². The molecular weight excluding hydrogens is 234 g/mol. The van der Waals surface area contributed by atoms with Crippen LogP contribution >= 0.6 is 0 Å². The highest BCUT2D eigenvalue weighted by Crippen LogP contribution is 2.15. The van der Waals surface area contributed by atoms with Crippen molar-refractivity contribution in [3.05, 3.63) is 47.3 Å². The lowest BCUT2D eigenvalue weighted by Gasteiger charge is -2.07. The molecule has 2 rings (SSSR count). The lowest BCUT2D eigenvalue weighted by atomic mass is 10.1. The van der Waals surface area contributed by atoms with Crippen LogP contribution in [0.3, 0.4) is 0 Å². The lowest BCUT2D eigenvalue weighted by molar-refractivity contribution is 0.546. The van der Waals surface area contributed by atoms with Crippen molar-refractivity contribution in [3.8, 4) is 5.69 Å². The van der Waals surface area contributed by atoms with Crippen LogP contribution in [0.1, 0.15) is 30.7 Å². The molecule has 0 amide bonds. The molecule has 0 aliphatic heterocycles. The molecule has 0 fully saturated rings. The molecule has 102 valence electrons. The van der Waals surface area contributed by atoms with Crippen molar-refractivity contribution >= 4 is 0 Å². The molecule has 1 aromatic carbocycles. The fourth-order valence-corrected chi connectivity index (χ4v) is 2.05. The van der Waals surface area contributed by atoms with E-state index in [1.54, 1.807) is 0 Å². The van der Waals surface area contributed by atoms with E-state index in [9.17, 15) is 0 Å². The van der Waals surface area contributed by atoms with Crippen molar-refractivity contribution in [2.75, 3.05) is 6.54 Å². The second kappa shape index (κ2) is 6.02. The van der Waals surface area contributed by atoms with Crippen molar-refractivity contribution in [2.45, 2.75) is 34.2 Å². The Hall–Kier alpha value is -1.61. The van der Waals surface area contributed by atoms with E-state index in [0.29, 0.717) is 5.92 Å². The smallest absolute Gasteiger partial charge is 0.0766 e. The molecule has 1 N–H and O–H groups in total. The topological polar surface area (TPSA) is 29.9 Å². The molecule has 2 aromatic rings. The number of aromatic nitrogens is 2. The van der Waals surface area contributed by atoms with Gasteiger partial charge in [-0.2, -0.15) is 5.10 Å². The van der Waals surface area contributed by atoms with E-state index in [4.69, 9.17) is 0 Å². The van der Waals surface area contributed by atoms with Gasteiger partial charge >= 0.3 is 0 Å². The monoisotopic (exact) mass is 257 g/mol. The molecule has 0 saturated carbocycles. The van der Waals surface area contributed by atoms with Gasteiger partial charge in [0.2, 0.25) is 0 Å². The molecule has 0 unspecified atom stereocenters. The average Bonchev–Trinajstić information content (AvgIpc) is 2.80. The van der Waals surface area contributed by atoms with Crippen LogP contribution in [0.15, 0.2) is 30.5 Å². The molecule has 0 aliphatic rings. The van der Waals surface area contributed by atoms with Crippen LogP contribution in [0.4, 0.5) is 0 Å². The van der Waals surface area contributed by atoms with E-state index in [1.807, 2.05) is 10.9 Å². The summed E-state index contributed by atoms with van der Waals surface area (Å²) in [5.41, 5.74) is 4.75. The number of nitrogens with one attached hydrogen (secondary N) is 1. The van der Waals surface area contributed by atoms with Gasteiger partial charge in [-0.3, -0.25) is 0 Å². The van der Waals surface area contributed by atoms with E-state index in [2.05, 4.69) is 62.4 Å². The summed E-state index contributed by atoms with van der Waals surface area (Å²) < 4.78 is 1.97. The lowest BCUT2D eigenvalue weighted by Crippen LogP contribution is -2.19. The third-order valence-corrected chi connectivity index (χ3v) is 3.11. The highest BCUT2D eigenvalue weighted by atomic mass is 15.3. The molecule has 1 aromatic heterocycles. The second-order valence-corrected chi connectivity index (χ2v) is 5.57. The Bertz CT molecular complexity index is 541. The third-order valence-electron chi connectivity index (χ3n) is 3.11. The van der Waals surface area contributed by atoms with E-state index in [1.165, 1.54) is 11.1 Å². The maximum absolute atomic E-state index is 4.63. The summed E-state index contributed by atoms with van der Waals surface area (Å²) in [5.74, 6) is 0.668. The standard InChI is InChI=1S/C16H23N3/c1-12(2)10-17-11-15-7-8-19(18-15)16-9-13(3)5-6-14(16)4/h5-9,12,17H,10-11H2,1-4H3. The van der Waals surface area contributed by atoms with Crippen LogP contribution in [0.25, 0.3) is 5.69 Å². The van der Waals surface area contributed by atoms with Gasteiger partial charge in [0.1, 0.15) is 0 Å². The van der Waals surface area contributed by atoms with Crippen LogP contribution in [-0.4, -0.2) is 16.3 Å². The van der Waals surface area contributed by atoms with Gasteiger partial charge in [-0.15, -0.1) is 0 Å². The summed E-state index contributed by atoms with van der Waals surface area (Å²) in [6.07, 6.45) is 2.04. The second-order valence-electron chi connectivity index (χ2n) is 5.57. The van der Waals surface area contributed by atoms with E-state index in [-0.39, 0.29) is 0 Å². The molecule has 0 aliphatic carbocycles. The number of benzene rings is 1. The molecule has 0 atom stereocenters. The predicted octanol–water partition coefficient (Wildman–Crippen LogP) is 3.23. The zero-order valence-electron chi connectivity index (χ0n) is 12.3. The van der Waals surface area contributed by atoms with Crippen molar-refractivity contribution < 1.29 is 0 Å². The van der Waals surface area contributed by atoms with Crippen LogP contribution in [0.2, 0.25) is 0 Å². The van der Waals surface area contributed by atoms with Gasteiger partial charge < -0.3 is 5.32 Å². The third kappa shape index (κ3) is 3.67. The number of aryl methyl sites for hydroxylation is 2. The van der Waals surface area contributed by atoms with E-state index >= 15 is 0 Å². The number of rotatable bonds is 5. The van der Waals surface area contributed by atoms with Crippen LogP contribution in [0.5, 0.6) is 0 Å². The first kappa shape index (κ1) is 13.8. The maximum Gasteiger partial charge on any atom is 0.0766 e. The summed E-state index contributed by atoms with van der Waals surface area (Å²) in [4.78, 5) is 0. The van der Waals surface area contributed by atoms with Crippen LogP contribution < -0.4 is 5.32 Å². The Morgan fingerprint density at radius 1 is 1.21 bits per heavy atom. The first-order valence-corrected chi connectivity index (χ1v) is 6.89. The molecule has 0 saturated heterocycles. The van der Waals surface area contributed by atoms with Gasteiger partial charge in [0.25, 0.3) is 0 Å². The average molecular weight is 257 g/mol. The van der Waals surface area contributed by atoms with Crippen molar-refractivity contribution in [3.63, 3.8) is 0 Å². The van der Waals surface area contributed by atoms with Crippen molar-refractivity contribution in [1.29, 1.82) is 0 Å². The molecule has 3 nitrogen and oxygen atoms in total. The Morgan fingerprint density at radius 2 is 2.00 bits per heavy atom. The normalized spacial score (nSPS) is 11.2. The van der Waals surface area contributed by atoms with Gasteiger partial charge in [0, 0.05) is 12.7 Å². The van der Waals surface area contributed by atoms with Gasteiger partial charge in [0.15, 0.2) is 0 Å². The molecule has 0 spiro atoms. The van der Waals surface area contributed by atoms with Crippen molar-refractivity contribution in [2.24, 2.45) is 5.92 Å². The van der Waals surface area contributed by atoms with E-state index < -0.39 is 0 Å². The minimum atomic E-state index is 0.668. The summed E-state index contributed by atoms with van der Waals surface area (Å²) in [7, 11) is 0. The minimum Gasteiger partial charge on any atom is -0.311 e. The summed E-state index contributed by atoms with van der Waals surface area (Å²) >= 11 is 0. The Balaban J connectivity index is 2.10. The van der Waals surface area contributed by atoms with Crippen LogP contribution in [0, 0.1) is 19.8 Å². The van der Waals surface area contributed by atoms with Gasteiger partial charge in [-0.25, -0.2) is 4.68 Å². The first-order valence-electron chi connectivity index (χ1n) is 6.89. The van der Waals surface area contributed by atoms with Crippen molar-refractivity contribution in [1.82, 2.24) is 15.1 Å². The molecule has 1 heterocycles. The Morgan fingerprint density at radius 3 is 2.74 bits per heavy atom. The van der Waals surface area contributed by atoms with E-state index in [0.717, 1.165) is 24.5 Å². The van der Waals surface area contributed by atoms with Gasteiger partial charge in [-0.1, -0.05) is 26.0 Å². The van der Waals surface area contributed by atoms with Gasteiger partial charge in [-0.05, 0) is 49.6 Å².